The van der Waals surface area contributed by atoms with Crippen molar-refractivity contribution < 1.29 is 12.9 Å². The highest BCUT2D eigenvalue weighted by atomic mass is 35.7. The number of hydrogen-bond acceptors (Lipinski definition) is 6. The third-order valence-corrected chi connectivity index (χ3v) is 2.94. The van der Waals surface area contributed by atoms with Crippen molar-refractivity contribution in [2.24, 2.45) is 0 Å². The first-order valence-electron chi connectivity index (χ1n) is 4.21. The standard InChI is InChI=1S/C7H7ClN4O3S/c1-5-10-6(11-15-5)2-12-3-7(9-4-12)16(8,13)14/h3-4H,2H2,1H3. The summed E-state index contributed by atoms with van der Waals surface area (Å²) in [6, 6.07) is 0. The lowest BCUT2D eigenvalue weighted by Crippen LogP contribution is -1.98. The summed E-state index contributed by atoms with van der Waals surface area (Å²) >= 11 is 0. The summed E-state index contributed by atoms with van der Waals surface area (Å²) in [5.41, 5.74) is 0. The summed E-state index contributed by atoms with van der Waals surface area (Å²) in [6.07, 6.45) is 2.63. The van der Waals surface area contributed by atoms with Gasteiger partial charge < -0.3 is 9.09 Å². The molecule has 0 aromatic carbocycles. The summed E-state index contributed by atoms with van der Waals surface area (Å²) in [4.78, 5) is 7.62. The summed E-state index contributed by atoms with van der Waals surface area (Å²) in [6.45, 7) is 1.94. The molecule has 0 amide bonds. The van der Waals surface area contributed by atoms with Gasteiger partial charge in [0.05, 0.1) is 12.9 Å². The van der Waals surface area contributed by atoms with Gasteiger partial charge in [-0.15, -0.1) is 0 Å². The smallest absolute Gasteiger partial charge is 0.280 e. The van der Waals surface area contributed by atoms with Crippen LogP contribution in [-0.2, 0) is 15.6 Å². The van der Waals surface area contributed by atoms with E-state index in [1.54, 1.807) is 6.92 Å². The average Bonchev–Trinajstić information content (AvgIpc) is 2.74. The molecule has 86 valence electrons. The van der Waals surface area contributed by atoms with Gasteiger partial charge in [-0.25, -0.2) is 13.4 Å². The number of rotatable bonds is 3. The second-order valence-electron chi connectivity index (χ2n) is 3.05. The Kier molecular flexibility index (Phi) is 2.68. The zero-order valence-electron chi connectivity index (χ0n) is 8.16. The fraction of sp³-hybridized carbons (Fsp3) is 0.286. The van der Waals surface area contributed by atoms with Crippen LogP contribution in [-0.4, -0.2) is 28.1 Å². The van der Waals surface area contributed by atoms with Gasteiger partial charge in [0.15, 0.2) is 10.9 Å². The number of imidazole rings is 1. The molecule has 0 N–H and O–H groups in total. The molecule has 0 aliphatic heterocycles. The predicted octanol–water partition coefficient (Wildman–Crippen LogP) is 0.550. The molecule has 0 atom stereocenters. The molecule has 0 radical (unpaired) electrons. The van der Waals surface area contributed by atoms with Gasteiger partial charge in [0, 0.05) is 23.8 Å². The first-order chi connectivity index (χ1) is 7.45. The largest absolute Gasteiger partial charge is 0.340 e. The zero-order chi connectivity index (χ0) is 11.8. The monoisotopic (exact) mass is 262 g/mol. The van der Waals surface area contributed by atoms with Crippen LogP contribution >= 0.6 is 10.7 Å². The second-order valence-corrected chi connectivity index (χ2v) is 5.56. The van der Waals surface area contributed by atoms with Gasteiger partial charge in [0.1, 0.15) is 0 Å². The van der Waals surface area contributed by atoms with E-state index in [0.29, 0.717) is 11.7 Å². The molecule has 0 aliphatic carbocycles. The van der Waals surface area contributed by atoms with Gasteiger partial charge in [-0.3, -0.25) is 0 Å². The Morgan fingerprint density at radius 2 is 2.31 bits per heavy atom. The highest BCUT2D eigenvalue weighted by molar-refractivity contribution is 8.13. The van der Waals surface area contributed by atoms with E-state index in [0.717, 1.165) is 0 Å². The van der Waals surface area contributed by atoms with Crippen molar-refractivity contribution in [1.29, 1.82) is 0 Å². The summed E-state index contributed by atoms with van der Waals surface area (Å²) < 4.78 is 28.2. The first kappa shape index (κ1) is 11.1. The van der Waals surface area contributed by atoms with Crippen LogP contribution in [0.3, 0.4) is 0 Å². The lowest BCUT2D eigenvalue weighted by molar-refractivity contribution is 0.386. The Hall–Kier alpha value is -1.41. The van der Waals surface area contributed by atoms with Crippen molar-refractivity contribution in [2.45, 2.75) is 18.5 Å². The molecule has 16 heavy (non-hydrogen) atoms. The third kappa shape index (κ3) is 2.39. The van der Waals surface area contributed by atoms with Crippen molar-refractivity contribution in [1.82, 2.24) is 19.7 Å². The molecular formula is C7H7ClN4O3S. The van der Waals surface area contributed by atoms with E-state index in [-0.39, 0.29) is 11.6 Å². The van der Waals surface area contributed by atoms with Crippen LogP contribution < -0.4 is 0 Å². The van der Waals surface area contributed by atoms with Gasteiger partial charge in [0.25, 0.3) is 9.05 Å². The van der Waals surface area contributed by atoms with Crippen LogP contribution in [0.5, 0.6) is 0 Å². The maximum absolute atomic E-state index is 10.9. The van der Waals surface area contributed by atoms with Gasteiger partial charge in [-0.1, -0.05) is 5.16 Å². The van der Waals surface area contributed by atoms with Gasteiger partial charge >= 0.3 is 0 Å². The number of aryl methyl sites for hydroxylation is 1. The van der Waals surface area contributed by atoms with Crippen LogP contribution in [0.15, 0.2) is 22.1 Å². The predicted molar refractivity (Wildman–Crippen MR) is 53.4 cm³/mol. The number of nitrogens with zero attached hydrogens (tertiary/aromatic N) is 4. The maximum atomic E-state index is 10.9. The number of halogens is 1. The molecule has 0 bridgehead atoms. The molecule has 0 saturated carbocycles. The molecule has 0 aliphatic rings. The average molecular weight is 263 g/mol. The fourth-order valence-electron chi connectivity index (χ4n) is 1.12. The summed E-state index contributed by atoms with van der Waals surface area (Å²) in [5.74, 6) is 0.883. The summed E-state index contributed by atoms with van der Waals surface area (Å²) in [7, 11) is 1.33. The minimum atomic E-state index is -3.79. The van der Waals surface area contributed by atoms with Gasteiger partial charge in [-0.05, 0) is 0 Å². The normalized spacial score (nSPS) is 11.9. The second kappa shape index (κ2) is 3.87. The van der Waals surface area contributed by atoms with Crippen LogP contribution in [0.1, 0.15) is 11.7 Å². The lowest BCUT2D eigenvalue weighted by Gasteiger charge is -1.93. The van der Waals surface area contributed by atoms with E-state index in [1.165, 1.54) is 17.1 Å². The lowest BCUT2D eigenvalue weighted by atomic mass is 10.6. The molecule has 2 aromatic rings. The molecular weight excluding hydrogens is 256 g/mol. The minimum absolute atomic E-state index is 0.200. The van der Waals surface area contributed by atoms with Crippen molar-refractivity contribution >= 4 is 19.7 Å². The molecule has 2 aromatic heterocycles. The molecule has 0 saturated heterocycles. The van der Waals surface area contributed by atoms with Crippen molar-refractivity contribution in [3.05, 3.63) is 24.2 Å². The Bertz CT molecular complexity index is 603. The maximum Gasteiger partial charge on any atom is 0.280 e. The molecule has 0 fully saturated rings. The van der Waals surface area contributed by atoms with Crippen LogP contribution in [0.2, 0.25) is 0 Å². The van der Waals surface area contributed by atoms with E-state index in [1.807, 2.05) is 0 Å². The van der Waals surface area contributed by atoms with Crippen molar-refractivity contribution in [3.63, 3.8) is 0 Å². The fourth-order valence-corrected chi connectivity index (χ4v) is 1.79. The van der Waals surface area contributed by atoms with Crippen molar-refractivity contribution in [2.75, 3.05) is 0 Å². The van der Waals surface area contributed by atoms with Gasteiger partial charge in [-0.2, -0.15) is 4.98 Å². The van der Waals surface area contributed by atoms with E-state index in [4.69, 9.17) is 15.2 Å². The topological polar surface area (TPSA) is 90.9 Å². The Morgan fingerprint density at radius 1 is 1.56 bits per heavy atom. The van der Waals surface area contributed by atoms with E-state index >= 15 is 0 Å². The van der Waals surface area contributed by atoms with E-state index < -0.39 is 9.05 Å². The van der Waals surface area contributed by atoms with Crippen LogP contribution in [0, 0.1) is 6.92 Å². The highest BCUT2D eigenvalue weighted by Crippen LogP contribution is 2.11. The number of hydrogen-bond donors (Lipinski definition) is 0. The zero-order valence-corrected chi connectivity index (χ0v) is 9.73. The highest BCUT2D eigenvalue weighted by Gasteiger charge is 2.14. The third-order valence-electron chi connectivity index (χ3n) is 1.75. The molecule has 7 nitrogen and oxygen atoms in total. The SMILES string of the molecule is Cc1nc(Cn2cnc(S(=O)(=O)Cl)c2)no1. The molecule has 0 spiro atoms. The van der Waals surface area contributed by atoms with Crippen LogP contribution in [0.25, 0.3) is 0 Å². The van der Waals surface area contributed by atoms with Crippen LogP contribution in [0.4, 0.5) is 0 Å². The Labute approximate surface area is 95.5 Å². The molecule has 2 heterocycles. The first-order valence-corrected chi connectivity index (χ1v) is 6.52. The van der Waals surface area contributed by atoms with E-state index in [2.05, 4.69) is 15.1 Å². The van der Waals surface area contributed by atoms with Crippen molar-refractivity contribution in [3.8, 4) is 0 Å². The molecule has 2 rings (SSSR count). The minimum Gasteiger partial charge on any atom is -0.340 e. The molecule has 9 heteroatoms. The molecule has 0 unspecified atom stereocenters. The van der Waals surface area contributed by atoms with Gasteiger partial charge in [0.2, 0.25) is 5.89 Å². The quantitative estimate of drug-likeness (QED) is 0.750. The summed E-state index contributed by atoms with van der Waals surface area (Å²) in [5, 5.41) is 3.47. The Morgan fingerprint density at radius 3 is 2.81 bits per heavy atom. The number of aromatic nitrogens is 4. The van der Waals surface area contributed by atoms with E-state index in [9.17, 15) is 8.42 Å². The Balaban J connectivity index is 2.21.